The number of thioether (sulfide) groups is 1. The lowest BCUT2D eigenvalue weighted by Crippen LogP contribution is -2.30. The van der Waals surface area contributed by atoms with Gasteiger partial charge in [-0.15, -0.1) is 0 Å². The summed E-state index contributed by atoms with van der Waals surface area (Å²) in [7, 11) is 0. The molecule has 0 saturated carbocycles. The zero-order valence-electron chi connectivity index (χ0n) is 14.6. The number of ether oxygens (including phenoxy) is 1. The molecule has 2 rings (SSSR count). The van der Waals surface area contributed by atoms with E-state index in [1.54, 1.807) is 0 Å². The van der Waals surface area contributed by atoms with E-state index >= 15 is 0 Å². The Balaban J connectivity index is 1.65. The van der Waals surface area contributed by atoms with Gasteiger partial charge in [0, 0.05) is 18.1 Å². The van der Waals surface area contributed by atoms with E-state index in [9.17, 15) is 4.79 Å². The van der Waals surface area contributed by atoms with Crippen LogP contribution in [-0.4, -0.2) is 24.8 Å². The van der Waals surface area contributed by atoms with Crippen molar-refractivity contribution in [3.63, 3.8) is 0 Å². The van der Waals surface area contributed by atoms with E-state index in [0.717, 1.165) is 28.4 Å². The van der Waals surface area contributed by atoms with Gasteiger partial charge in [-0.05, 0) is 49.1 Å². The van der Waals surface area contributed by atoms with Crippen LogP contribution in [0.25, 0.3) is 0 Å². The molecule has 0 aliphatic carbocycles. The molecule has 128 valence electrons. The first-order valence-corrected chi connectivity index (χ1v) is 9.31. The smallest absolute Gasteiger partial charge is 0.257 e. The van der Waals surface area contributed by atoms with E-state index in [1.807, 2.05) is 49.9 Å². The first-order chi connectivity index (χ1) is 11.6. The molecule has 0 atom stereocenters. The van der Waals surface area contributed by atoms with E-state index in [4.69, 9.17) is 4.74 Å². The van der Waals surface area contributed by atoms with Crippen molar-refractivity contribution >= 4 is 17.7 Å². The lowest BCUT2D eigenvalue weighted by atomic mass is 10.1. The molecular formula is C20H25NO2S. The molecule has 0 spiro atoms. The van der Waals surface area contributed by atoms with Crippen LogP contribution in [0.2, 0.25) is 0 Å². The van der Waals surface area contributed by atoms with Gasteiger partial charge in [0.2, 0.25) is 0 Å². The Bertz CT molecular complexity index is 671. The predicted molar refractivity (Wildman–Crippen MR) is 102 cm³/mol. The molecule has 0 aromatic heterocycles. The quantitative estimate of drug-likeness (QED) is 0.735. The largest absolute Gasteiger partial charge is 0.483 e. The maximum atomic E-state index is 11.9. The molecule has 0 unspecified atom stereocenters. The molecule has 0 saturated heterocycles. The highest BCUT2D eigenvalue weighted by molar-refractivity contribution is 7.98. The molecule has 2 aromatic rings. The van der Waals surface area contributed by atoms with Crippen LogP contribution >= 0.6 is 11.8 Å². The standard InChI is InChI=1S/C20H25NO2S/c1-15-11-16(2)17(3)19(12-15)23-13-20(22)21-9-10-24-14-18-7-5-4-6-8-18/h4-8,11-12H,9-10,13-14H2,1-3H3,(H,21,22). The van der Waals surface area contributed by atoms with Crippen LogP contribution in [0, 0.1) is 20.8 Å². The topological polar surface area (TPSA) is 38.3 Å². The normalized spacial score (nSPS) is 10.5. The van der Waals surface area contributed by atoms with Crippen LogP contribution in [0.4, 0.5) is 0 Å². The van der Waals surface area contributed by atoms with Gasteiger partial charge in [0.1, 0.15) is 5.75 Å². The summed E-state index contributed by atoms with van der Waals surface area (Å²) in [6, 6.07) is 14.4. The van der Waals surface area contributed by atoms with Crippen LogP contribution in [0.1, 0.15) is 22.3 Å². The molecule has 0 heterocycles. The molecule has 1 N–H and O–H groups in total. The Morgan fingerprint density at radius 2 is 1.88 bits per heavy atom. The van der Waals surface area contributed by atoms with Crippen molar-refractivity contribution in [2.45, 2.75) is 26.5 Å². The molecule has 2 aromatic carbocycles. The van der Waals surface area contributed by atoms with Crippen molar-refractivity contribution in [3.8, 4) is 5.75 Å². The number of hydrogen-bond donors (Lipinski definition) is 1. The molecule has 0 bridgehead atoms. The van der Waals surface area contributed by atoms with Crippen molar-refractivity contribution in [3.05, 3.63) is 64.7 Å². The lowest BCUT2D eigenvalue weighted by molar-refractivity contribution is -0.122. The summed E-state index contributed by atoms with van der Waals surface area (Å²) in [5.41, 5.74) is 4.72. The Kier molecular flexibility index (Phi) is 7.19. The van der Waals surface area contributed by atoms with Crippen LogP contribution in [0.3, 0.4) is 0 Å². The van der Waals surface area contributed by atoms with Crippen molar-refractivity contribution in [2.24, 2.45) is 0 Å². The molecular weight excluding hydrogens is 318 g/mol. The van der Waals surface area contributed by atoms with Crippen molar-refractivity contribution < 1.29 is 9.53 Å². The Morgan fingerprint density at radius 3 is 2.62 bits per heavy atom. The van der Waals surface area contributed by atoms with Gasteiger partial charge in [0.05, 0.1) is 0 Å². The minimum Gasteiger partial charge on any atom is -0.483 e. The fourth-order valence-electron chi connectivity index (χ4n) is 2.37. The molecule has 0 fully saturated rings. The number of rotatable bonds is 8. The first kappa shape index (κ1) is 18.4. The maximum Gasteiger partial charge on any atom is 0.257 e. The molecule has 24 heavy (non-hydrogen) atoms. The minimum atomic E-state index is -0.0751. The van der Waals surface area contributed by atoms with Gasteiger partial charge >= 0.3 is 0 Å². The second-order valence-corrected chi connectivity index (χ2v) is 6.99. The highest BCUT2D eigenvalue weighted by Gasteiger charge is 2.07. The van der Waals surface area contributed by atoms with Crippen LogP contribution in [0.5, 0.6) is 5.75 Å². The Hall–Kier alpha value is -1.94. The van der Waals surface area contributed by atoms with E-state index < -0.39 is 0 Å². The number of carbonyl (C=O) groups excluding carboxylic acids is 1. The van der Waals surface area contributed by atoms with Gasteiger partial charge in [-0.25, -0.2) is 0 Å². The van der Waals surface area contributed by atoms with Crippen LogP contribution in [0.15, 0.2) is 42.5 Å². The monoisotopic (exact) mass is 343 g/mol. The molecule has 4 heteroatoms. The molecule has 3 nitrogen and oxygen atoms in total. The lowest BCUT2D eigenvalue weighted by Gasteiger charge is -2.12. The van der Waals surface area contributed by atoms with Gasteiger partial charge < -0.3 is 10.1 Å². The maximum absolute atomic E-state index is 11.9. The van der Waals surface area contributed by atoms with E-state index in [2.05, 4.69) is 30.4 Å². The number of hydrogen-bond acceptors (Lipinski definition) is 3. The summed E-state index contributed by atoms with van der Waals surface area (Å²) in [5.74, 6) is 2.58. The van der Waals surface area contributed by atoms with Crippen molar-refractivity contribution in [1.82, 2.24) is 5.32 Å². The summed E-state index contributed by atoms with van der Waals surface area (Å²) in [6.45, 7) is 6.82. The van der Waals surface area contributed by atoms with E-state index in [1.165, 1.54) is 11.1 Å². The number of carbonyl (C=O) groups is 1. The van der Waals surface area contributed by atoms with Crippen LogP contribution in [-0.2, 0) is 10.5 Å². The minimum absolute atomic E-state index is 0.0626. The van der Waals surface area contributed by atoms with E-state index in [0.29, 0.717) is 6.54 Å². The van der Waals surface area contributed by atoms with Gasteiger partial charge in [0.15, 0.2) is 6.61 Å². The molecule has 0 aliphatic heterocycles. The average Bonchev–Trinajstić information content (AvgIpc) is 2.57. The highest BCUT2D eigenvalue weighted by atomic mass is 32.2. The summed E-state index contributed by atoms with van der Waals surface area (Å²) >= 11 is 1.81. The third kappa shape index (κ3) is 5.93. The fraction of sp³-hybridized carbons (Fsp3) is 0.350. The number of aryl methyl sites for hydroxylation is 2. The average molecular weight is 343 g/mol. The first-order valence-electron chi connectivity index (χ1n) is 8.15. The number of amides is 1. The van der Waals surface area contributed by atoms with Crippen molar-refractivity contribution in [1.29, 1.82) is 0 Å². The van der Waals surface area contributed by atoms with Gasteiger partial charge in [-0.3, -0.25) is 4.79 Å². The zero-order chi connectivity index (χ0) is 17.4. The van der Waals surface area contributed by atoms with Gasteiger partial charge in [-0.2, -0.15) is 11.8 Å². The van der Waals surface area contributed by atoms with Crippen LogP contribution < -0.4 is 10.1 Å². The third-order valence-corrected chi connectivity index (χ3v) is 4.83. The van der Waals surface area contributed by atoms with Crippen molar-refractivity contribution in [2.75, 3.05) is 18.9 Å². The Morgan fingerprint density at radius 1 is 1.12 bits per heavy atom. The molecule has 0 radical (unpaired) electrons. The summed E-state index contributed by atoms with van der Waals surface area (Å²) in [5, 5.41) is 2.90. The number of benzene rings is 2. The number of nitrogens with one attached hydrogen (secondary N) is 1. The summed E-state index contributed by atoms with van der Waals surface area (Å²) < 4.78 is 5.67. The second kappa shape index (κ2) is 9.38. The fourth-order valence-corrected chi connectivity index (χ4v) is 3.19. The summed E-state index contributed by atoms with van der Waals surface area (Å²) in [6.07, 6.45) is 0. The molecule has 1 amide bonds. The predicted octanol–water partition coefficient (Wildman–Crippen LogP) is 4.04. The van der Waals surface area contributed by atoms with Gasteiger partial charge in [0.25, 0.3) is 5.91 Å². The second-order valence-electron chi connectivity index (χ2n) is 5.88. The highest BCUT2D eigenvalue weighted by Crippen LogP contribution is 2.23. The van der Waals surface area contributed by atoms with E-state index in [-0.39, 0.29) is 12.5 Å². The SMILES string of the molecule is Cc1cc(C)c(C)c(OCC(=O)NCCSCc2ccccc2)c1. The zero-order valence-corrected chi connectivity index (χ0v) is 15.4. The molecule has 0 aliphatic rings. The third-order valence-electron chi connectivity index (χ3n) is 3.80. The van der Waals surface area contributed by atoms with Gasteiger partial charge in [-0.1, -0.05) is 36.4 Å². The Labute approximate surface area is 148 Å². The summed E-state index contributed by atoms with van der Waals surface area (Å²) in [4.78, 5) is 11.9.